The third-order valence-electron chi connectivity index (χ3n) is 2.29. The van der Waals surface area contributed by atoms with Gasteiger partial charge in [0.15, 0.2) is 0 Å². The number of hydrogen-bond donors (Lipinski definition) is 1. The molecule has 0 aromatic heterocycles. The number of carbonyl (C=O) groups is 1. The Morgan fingerprint density at radius 2 is 2.12 bits per heavy atom. The molecule has 0 fully saturated rings. The monoisotopic (exact) mass is 332 g/mol. The zero-order valence-corrected chi connectivity index (χ0v) is 12.0. The minimum Gasteiger partial charge on any atom is -0.351 e. The van der Waals surface area contributed by atoms with E-state index in [1.807, 2.05) is 44.1 Å². The predicted molar refractivity (Wildman–Crippen MR) is 74.8 cm³/mol. The zero-order chi connectivity index (χ0) is 12.1. The molecule has 4 heteroatoms. The van der Waals surface area contributed by atoms with Crippen LogP contribution >= 0.6 is 22.6 Å². The summed E-state index contributed by atoms with van der Waals surface area (Å²) in [7, 11) is 3.98. The lowest BCUT2D eigenvalue weighted by Crippen LogP contribution is -2.32. The lowest BCUT2D eigenvalue weighted by molar-refractivity contribution is 0.0949. The van der Waals surface area contributed by atoms with Gasteiger partial charge in [-0.05, 0) is 55.2 Å². The number of benzene rings is 1. The summed E-state index contributed by atoms with van der Waals surface area (Å²) >= 11 is 2.20. The van der Waals surface area contributed by atoms with Gasteiger partial charge in [-0.2, -0.15) is 0 Å². The van der Waals surface area contributed by atoms with Crippen molar-refractivity contribution < 1.29 is 4.79 Å². The first-order chi connectivity index (χ1) is 7.52. The van der Waals surface area contributed by atoms with Crippen LogP contribution in [0.25, 0.3) is 0 Å². The van der Waals surface area contributed by atoms with Gasteiger partial charge < -0.3 is 10.2 Å². The minimum absolute atomic E-state index is 0.0179. The van der Waals surface area contributed by atoms with Gasteiger partial charge in [0.2, 0.25) is 0 Å². The topological polar surface area (TPSA) is 32.3 Å². The largest absolute Gasteiger partial charge is 0.351 e. The molecule has 0 unspecified atom stereocenters. The SMILES string of the molecule is Cc1cccc(I)c1C(=O)NCCN(C)C. The molecule has 0 aliphatic rings. The highest BCUT2D eigenvalue weighted by Crippen LogP contribution is 2.15. The Kier molecular flexibility index (Phi) is 5.21. The van der Waals surface area contributed by atoms with E-state index in [-0.39, 0.29) is 5.91 Å². The number of nitrogens with one attached hydrogen (secondary N) is 1. The second kappa shape index (κ2) is 6.20. The Hall–Kier alpha value is -0.620. The molecule has 0 spiro atoms. The van der Waals surface area contributed by atoms with Crippen LogP contribution in [-0.2, 0) is 0 Å². The Balaban J connectivity index is 2.66. The maximum Gasteiger partial charge on any atom is 0.252 e. The number of nitrogens with zero attached hydrogens (tertiary/aromatic N) is 1. The fraction of sp³-hybridized carbons (Fsp3) is 0.417. The summed E-state index contributed by atoms with van der Waals surface area (Å²) in [6.07, 6.45) is 0. The molecule has 0 aliphatic carbocycles. The van der Waals surface area contributed by atoms with E-state index >= 15 is 0 Å². The van der Waals surface area contributed by atoms with Crippen LogP contribution in [-0.4, -0.2) is 38.0 Å². The number of amides is 1. The van der Waals surface area contributed by atoms with Gasteiger partial charge in [-0.1, -0.05) is 12.1 Å². The Morgan fingerprint density at radius 1 is 1.44 bits per heavy atom. The van der Waals surface area contributed by atoms with Crippen molar-refractivity contribution in [1.29, 1.82) is 0 Å². The van der Waals surface area contributed by atoms with Gasteiger partial charge in [-0.3, -0.25) is 4.79 Å². The maximum absolute atomic E-state index is 11.9. The number of hydrogen-bond acceptors (Lipinski definition) is 2. The Bertz CT molecular complexity index is 357. The summed E-state index contributed by atoms with van der Waals surface area (Å²) in [4.78, 5) is 14.0. The molecule has 0 saturated carbocycles. The summed E-state index contributed by atoms with van der Waals surface area (Å²) in [5, 5.41) is 2.93. The number of rotatable bonds is 4. The fourth-order valence-electron chi connectivity index (χ4n) is 1.40. The van der Waals surface area contributed by atoms with Crippen LogP contribution in [0.15, 0.2) is 18.2 Å². The second-order valence-corrected chi connectivity index (χ2v) is 5.15. The van der Waals surface area contributed by atoms with E-state index in [4.69, 9.17) is 0 Å². The summed E-state index contributed by atoms with van der Waals surface area (Å²) in [6.45, 7) is 3.49. The van der Waals surface area contributed by atoms with Crippen LogP contribution in [0.4, 0.5) is 0 Å². The van der Waals surface area contributed by atoms with Gasteiger partial charge in [0.25, 0.3) is 5.91 Å². The number of halogens is 1. The molecular weight excluding hydrogens is 315 g/mol. The molecule has 1 N–H and O–H groups in total. The molecule has 88 valence electrons. The molecule has 0 aliphatic heterocycles. The van der Waals surface area contributed by atoms with Crippen molar-refractivity contribution in [2.45, 2.75) is 6.92 Å². The average molecular weight is 332 g/mol. The van der Waals surface area contributed by atoms with E-state index in [1.54, 1.807) is 0 Å². The van der Waals surface area contributed by atoms with Crippen LogP contribution in [0.3, 0.4) is 0 Å². The number of carbonyl (C=O) groups excluding carboxylic acids is 1. The van der Waals surface area contributed by atoms with Gasteiger partial charge in [0.05, 0.1) is 5.56 Å². The molecule has 0 atom stereocenters. The van der Waals surface area contributed by atoms with Crippen LogP contribution in [0.2, 0.25) is 0 Å². The van der Waals surface area contributed by atoms with E-state index in [0.717, 1.165) is 21.2 Å². The van der Waals surface area contributed by atoms with Crippen LogP contribution in [0.1, 0.15) is 15.9 Å². The molecule has 1 amide bonds. The summed E-state index contributed by atoms with van der Waals surface area (Å²) < 4.78 is 1.000. The molecule has 1 aromatic rings. The van der Waals surface area contributed by atoms with Gasteiger partial charge in [0.1, 0.15) is 0 Å². The molecule has 0 heterocycles. The third-order valence-corrected chi connectivity index (χ3v) is 3.19. The first-order valence-corrected chi connectivity index (χ1v) is 6.28. The third kappa shape index (κ3) is 3.75. The molecule has 3 nitrogen and oxygen atoms in total. The van der Waals surface area contributed by atoms with E-state index in [2.05, 4.69) is 27.9 Å². The number of aryl methyl sites for hydroxylation is 1. The highest BCUT2D eigenvalue weighted by Gasteiger charge is 2.11. The minimum atomic E-state index is 0.0179. The van der Waals surface area contributed by atoms with Crippen molar-refractivity contribution in [1.82, 2.24) is 10.2 Å². The molecule has 0 saturated heterocycles. The standard InChI is InChI=1S/C12H17IN2O/c1-9-5-4-6-10(13)11(9)12(16)14-7-8-15(2)3/h4-6H,7-8H2,1-3H3,(H,14,16). The first kappa shape index (κ1) is 13.4. The predicted octanol–water partition coefficient (Wildman–Crippen LogP) is 1.89. The van der Waals surface area contributed by atoms with Gasteiger partial charge >= 0.3 is 0 Å². The molecule has 16 heavy (non-hydrogen) atoms. The molecule has 0 radical (unpaired) electrons. The van der Waals surface area contributed by atoms with E-state index in [1.165, 1.54) is 0 Å². The average Bonchev–Trinajstić information content (AvgIpc) is 2.16. The van der Waals surface area contributed by atoms with Crippen LogP contribution < -0.4 is 5.32 Å². The van der Waals surface area contributed by atoms with Crippen molar-refractivity contribution in [2.24, 2.45) is 0 Å². The summed E-state index contributed by atoms with van der Waals surface area (Å²) in [5.74, 6) is 0.0179. The summed E-state index contributed by atoms with van der Waals surface area (Å²) in [5.41, 5.74) is 1.82. The van der Waals surface area contributed by atoms with Crippen molar-refractivity contribution >= 4 is 28.5 Å². The van der Waals surface area contributed by atoms with Crippen molar-refractivity contribution in [2.75, 3.05) is 27.2 Å². The van der Waals surface area contributed by atoms with Crippen molar-refractivity contribution in [3.05, 3.63) is 32.9 Å². The highest BCUT2D eigenvalue weighted by atomic mass is 127. The second-order valence-electron chi connectivity index (χ2n) is 3.99. The lowest BCUT2D eigenvalue weighted by Gasteiger charge is -2.12. The van der Waals surface area contributed by atoms with Gasteiger partial charge in [-0.15, -0.1) is 0 Å². The van der Waals surface area contributed by atoms with E-state index < -0.39 is 0 Å². The first-order valence-electron chi connectivity index (χ1n) is 5.20. The normalized spacial score (nSPS) is 10.6. The fourth-order valence-corrected chi connectivity index (χ4v) is 2.28. The Morgan fingerprint density at radius 3 is 2.69 bits per heavy atom. The molecule has 1 rings (SSSR count). The van der Waals surface area contributed by atoms with E-state index in [0.29, 0.717) is 6.54 Å². The van der Waals surface area contributed by atoms with Crippen LogP contribution in [0.5, 0.6) is 0 Å². The smallest absolute Gasteiger partial charge is 0.252 e. The summed E-state index contributed by atoms with van der Waals surface area (Å²) in [6, 6.07) is 5.88. The molecule has 0 bridgehead atoms. The lowest BCUT2D eigenvalue weighted by atomic mass is 10.1. The highest BCUT2D eigenvalue weighted by molar-refractivity contribution is 14.1. The molecule has 1 aromatic carbocycles. The van der Waals surface area contributed by atoms with E-state index in [9.17, 15) is 4.79 Å². The van der Waals surface area contributed by atoms with Crippen LogP contribution in [0, 0.1) is 10.5 Å². The zero-order valence-electron chi connectivity index (χ0n) is 9.88. The quantitative estimate of drug-likeness (QED) is 0.854. The Labute approximate surface area is 110 Å². The van der Waals surface area contributed by atoms with Gasteiger partial charge in [0, 0.05) is 16.7 Å². The van der Waals surface area contributed by atoms with Crippen molar-refractivity contribution in [3.8, 4) is 0 Å². The van der Waals surface area contributed by atoms with Crippen molar-refractivity contribution in [3.63, 3.8) is 0 Å². The maximum atomic E-state index is 11.9. The van der Waals surface area contributed by atoms with Gasteiger partial charge in [-0.25, -0.2) is 0 Å². The molecular formula is C12H17IN2O. The number of likely N-dealkylation sites (N-methyl/N-ethyl adjacent to an activating group) is 1.